The zero-order chi connectivity index (χ0) is 17.8. The van der Waals surface area contributed by atoms with Gasteiger partial charge in [0.15, 0.2) is 11.6 Å². The number of hydrogen-bond acceptors (Lipinski definition) is 4. The zero-order valence-electron chi connectivity index (χ0n) is 12.9. The normalized spacial score (nSPS) is 12.6. The van der Waals surface area contributed by atoms with Gasteiger partial charge in [-0.25, -0.2) is 18.0 Å². The molecule has 1 rings (SSSR count). The molecular weight excluding hydrogens is 315 g/mol. The Morgan fingerprint density at radius 2 is 1.74 bits per heavy atom. The fourth-order valence-corrected chi connectivity index (χ4v) is 1.84. The van der Waals surface area contributed by atoms with Crippen LogP contribution in [0.3, 0.4) is 0 Å². The summed E-state index contributed by atoms with van der Waals surface area (Å²) in [6.45, 7) is 4.82. The van der Waals surface area contributed by atoms with Gasteiger partial charge in [0, 0.05) is 24.5 Å². The molecule has 1 aromatic carbocycles. The van der Waals surface area contributed by atoms with Gasteiger partial charge in [-0.1, -0.05) is 0 Å². The molecule has 0 aliphatic carbocycles. The van der Waals surface area contributed by atoms with E-state index in [1.54, 1.807) is 20.8 Å². The Balaban J connectivity index is 2.89. The number of benzene rings is 1. The maximum Gasteiger partial charge on any atom is 0.407 e. The fourth-order valence-electron chi connectivity index (χ4n) is 1.84. The third-order valence-electron chi connectivity index (χ3n) is 2.69. The van der Waals surface area contributed by atoms with Gasteiger partial charge < -0.3 is 20.0 Å². The number of alkyl carbamates (subject to hydrolysis) is 1. The summed E-state index contributed by atoms with van der Waals surface area (Å²) in [4.78, 5) is 22.4. The molecule has 0 fully saturated rings. The standard InChI is InChI=1S/C15H18F3NO4/c1-15(2,3)23-14(22)19-9(6-13(20)21)4-8-5-11(17)12(18)7-10(8)16/h5,7,9H,4,6H2,1-3H3,(H,19,22)(H,20,21)/p-1/t9-/m0/s1. The van der Waals surface area contributed by atoms with Gasteiger partial charge in [0.25, 0.3) is 0 Å². The second-order valence-corrected chi connectivity index (χ2v) is 5.98. The van der Waals surface area contributed by atoms with Crippen molar-refractivity contribution in [3.8, 4) is 0 Å². The first kappa shape index (κ1) is 18.8. The fraction of sp³-hybridized carbons (Fsp3) is 0.467. The highest BCUT2D eigenvalue weighted by atomic mass is 19.2. The monoisotopic (exact) mass is 332 g/mol. The Morgan fingerprint density at radius 3 is 2.26 bits per heavy atom. The molecule has 1 amide bonds. The van der Waals surface area contributed by atoms with Crippen molar-refractivity contribution in [3.05, 3.63) is 35.1 Å². The van der Waals surface area contributed by atoms with Crippen LogP contribution in [0.2, 0.25) is 0 Å². The molecule has 0 unspecified atom stereocenters. The molecule has 1 N–H and O–H groups in total. The average Bonchev–Trinajstić information content (AvgIpc) is 2.32. The van der Waals surface area contributed by atoms with Gasteiger partial charge in [0.2, 0.25) is 0 Å². The Labute approximate surface area is 131 Å². The van der Waals surface area contributed by atoms with Gasteiger partial charge in [-0.05, 0) is 38.8 Å². The minimum Gasteiger partial charge on any atom is -0.550 e. The van der Waals surface area contributed by atoms with Crippen LogP contribution in [0, 0.1) is 17.5 Å². The molecule has 0 aromatic heterocycles. The third-order valence-corrected chi connectivity index (χ3v) is 2.69. The summed E-state index contributed by atoms with van der Waals surface area (Å²) in [5, 5.41) is 13.0. The van der Waals surface area contributed by atoms with Crippen LogP contribution in [-0.4, -0.2) is 23.7 Å². The molecule has 0 bridgehead atoms. The highest BCUT2D eigenvalue weighted by Crippen LogP contribution is 2.16. The Hall–Kier alpha value is -2.25. The van der Waals surface area contributed by atoms with Crippen molar-refractivity contribution in [1.82, 2.24) is 5.32 Å². The first-order chi connectivity index (χ1) is 10.5. The van der Waals surface area contributed by atoms with Crippen LogP contribution in [0.4, 0.5) is 18.0 Å². The summed E-state index contributed by atoms with van der Waals surface area (Å²) in [5.74, 6) is -5.17. The molecule has 0 spiro atoms. The number of halogens is 3. The molecule has 8 heteroatoms. The predicted octanol–water partition coefficient (Wildman–Crippen LogP) is 1.68. The first-order valence-corrected chi connectivity index (χ1v) is 6.80. The highest BCUT2D eigenvalue weighted by Gasteiger charge is 2.21. The minimum atomic E-state index is -1.49. The SMILES string of the molecule is CC(C)(C)OC(=O)N[C@H](CC(=O)[O-])Cc1cc(F)c(F)cc1F. The van der Waals surface area contributed by atoms with Crippen molar-refractivity contribution in [3.63, 3.8) is 0 Å². The lowest BCUT2D eigenvalue weighted by molar-refractivity contribution is -0.306. The maximum absolute atomic E-state index is 13.6. The van der Waals surface area contributed by atoms with E-state index in [4.69, 9.17) is 4.74 Å². The smallest absolute Gasteiger partial charge is 0.407 e. The van der Waals surface area contributed by atoms with Crippen LogP contribution in [0.25, 0.3) is 0 Å². The summed E-state index contributed by atoms with van der Waals surface area (Å²) in [5.41, 5.74) is -1.09. The lowest BCUT2D eigenvalue weighted by Gasteiger charge is -2.24. The second-order valence-electron chi connectivity index (χ2n) is 5.98. The van der Waals surface area contributed by atoms with E-state index in [0.717, 1.165) is 0 Å². The summed E-state index contributed by atoms with van der Waals surface area (Å²) in [6.07, 6.45) is -1.92. The number of hydrogen-bond donors (Lipinski definition) is 1. The number of ether oxygens (including phenoxy) is 1. The van der Waals surface area contributed by atoms with Gasteiger partial charge in [-0.15, -0.1) is 0 Å². The molecule has 5 nitrogen and oxygen atoms in total. The Morgan fingerprint density at radius 1 is 1.17 bits per heavy atom. The number of amides is 1. The molecule has 23 heavy (non-hydrogen) atoms. The zero-order valence-corrected chi connectivity index (χ0v) is 12.9. The number of carbonyl (C=O) groups excluding carboxylic acids is 2. The van der Waals surface area contributed by atoms with Crippen LogP contribution in [0.5, 0.6) is 0 Å². The van der Waals surface area contributed by atoms with Gasteiger partial charge >= 0.3 is 6.09 Å². The average molecular weight is 332 g/mol. The van der Waals surface area contributed by atoms with E-state index < -0.39 is 47.6 Å². The van der Waals surface area contributed by atoms with E-state index in [1.807, 2.05) is 0 Å². The lowest BCUT2D eigenvalue weighted by Crippen LogP contribution is -2.43. The van der Waals surface area contributed by atoms with E-state index in [1.165, 1.54) is 0 Å². The maximum atomic E-state index is 13.6. The molecule has 1 atom stereocenters. The molecule has 0 saturated heterocycles. The van der Waals surface area contributed by atoms with Crippen molar-refractivity contribution in [1.29, 1.82) is 0 Å². The Kier molecular flexibility index (Phi) is 6.00. The lowest BCUT2D eigenvalue weighted by atomic mass is 10.0. The molecule has 1 aromatic rings. The molecule has 128 valence electrons. The van der Waals surface area contributed by atoms with E-state index in [0.29, 0.717) is 12.1 Å². The number of carboxylic acid groups (broad SMARTS) is 1. The van der Waals surface area contributed by atoms with E-state index in [9.17, 15) is 27.9 Å². The molecular formula is C15H17F3NO4-. The Bertz CT molecular complexity index is 599. The van der Waals surface area contributed by atoms with Crippen LogP contribution in [0.1, 0.15) is 32.8 Å². The van der Waals surface area contributed by atoms with Crippen molar-refractivity contribution < 1.29 is 32.6 Å². The summed E-state index contributed by atoms with van der Waals surface area (Å²) in [6, 6.07) is -0.132. The van der Waals surface area contributed by atoms with Gasteiger partial charge in [-0.3, -0.25) is 0 Å². The molecule has 0 saturated carbocycles. The highest BCUT2D eigenvalue weighted by molar-refractivity contribution is 5.70. The number of nitrogens with one attached hydrogen (secondary N) is 1. The van der Waals surface area contributed by atoms with Crippen LogP contribution in [-0.2, 0) is 16.0 Å². The quantitative estimate of drug-likeness (QED) is 0.832. The van der Waals surface area contributed by atoms with E-state index in [-0.39, 0.29) is 12.0 Å². The van der Waals surface area contributed by atoms with Gasteiger partial charge in [0.1, 0.15) is 11.4 Å². The minimum absolute atomic E-state index is 0.272. The van der Waals surface area contributed by atoms with Crippen molar-refractivity contribution in [2.24, 2.45) is 0 Å². The molecule has 0 aliphatic heterocycles. The largest absolute Gasteiger partial charge is 0.550 e. The van der Waals surface area contributed by atoms with Crippen molar-refractivity contribution >= 4 is 12.1 Å². The first-order valence-electron chi connectivity index (χ1n) is 6.80. The number of rotatable bonds is 5. The molecule has 0 radical (unpaired) electrons. The van der Waals surface area contributed by atoms with Crippen molar-refractivity contribution in [2.45, 2.75) is 45.3 Å². The number of aliphatic carboxylic acids is 1. The number of carbonyl (C=O) groups is 2. The summed E-state index contributed by atoms with van der Waals surface area (Å²) in [7, 11) is 0. The predicted molar refractivity (Wildman–Crippen MR) is 72.8 cm³/mol. The van der Waals surface area contributed by atoms with Crippen molar-refractivity contribution in [2.75, 3.05) is 0 Å². The van der Waals surface area contributed by atoms with Crippen LogP contribution < -0.4 is 10.4 Å². The van der Waals surface area contributed by atoms with Crippen LogP contribution in [0.15, 0.2) is 12.1 Å². The second kappa shape index (κ2) is 7.34. The summed E-state index contributed by atoms with van der Waals surface area (Å²) < 4.78 is 44.7. The third kappa shape index (κ3) is 6.58. The van der Waals surface area contributed by atoms with Gasteiger partial charge in [0.05, 0.1) is 0 Å². The molecule has 0 heterocycles. The van der Waals surface area contributed by atoms with E-state index in [2.05, 4.69) is 5.32 Å². The summed E-state index contributed by atoms with van der Waals surface area (Å²) >= 11 is 0. The topological polar surface area (TPSA) is 78.5 Å². The van der Waals surface area contributed by atoms with Gasteiger partial charge in [-0.2, -0.15) is 0 Å². The molecule has 0 aliphatic rings. The van der Waals surface area contributed by atoms with Crippen LogP contribution >= 0.6 is 0 Å². The van der Waals surface area contributed by atoms with E-state index >= 15 is 0 Å². The number of carboxylic acids is 1.